The van der Waals surface area contributed by atoms with E-state index in [0.29, 0.717) is 0 Å². The number of benzene rings is 1. The summed E-state index contributed by atoms with van der Waals surface area (Å²) in [5.74, 6) is 18.0. The first-order valence-corrected chi connectivity index (χ1v) is 26.5. The molecule has 0 unspecified atom stereocenters. The maximum absolute atomic E-state index is 2.76. The topological polar surface area (TPSA) is 0 Å². The summed E-state index contributed by atoms with van der Waals surface area (Å²) in [6.45, 7) is 0. The molecule has 50 heavy (non-hydrogen) atoms. The monoisotopic (exact) mass is 706 g/mol. The zero-order valence-electron chi connectivity index (χ0n) is 31.3. The highest BCUT2D eigenvalue weighted by Crippen LogP contribution is 2.74. The summed E-state index contributed by atoms with van der Waals surface area (Å²) in [5, 5.41) is 0. The molecule has 16 aliphatic rings. The Morgan fingerprint density at radius 1 is 0.300 bits per heavy atom. The molecule has 0 aliphatic heterocycles. The lowest BCUT2D eigenvalue weighted by Gasteiger charge is -2.62. The lowest BCUT2D eigenvalue weighted by atomic mass is 9.55. The van der Waals surface area contributed by atoms with Crippen LogP contribution in [0.2, 0.25) is 0 Å². The molecule has 0 atom stereocenters. The molecule has 2 heteroatoms. The Balaban J connectivity index is 0.866. The van der Waals surface area contributed by atoms with Crippen molar-refractivity contribution in [2.45, 2.75) is 163 Å². The summed E-state index contributed by atoms with van der Waals surface area (Å²) in [7, 11) is 0.162. The first-order valence-electron chi connectivity index (χ1n) is 23.2. The number of hydrogen-bond donors (Lipinski definition) is 0. The average molecular weight is 707 g/mol. The van der Waals surface area contributed by atoms with Crippen molar-refractivity contribution in [1.82, 2.24) is 0 Å². The van der Waals surface area contributed by atoms with Crippen LogP contribution >= 0.6 is 15.8 Å². The lowest BCUT2D eigenvalue weighted by Crippen LogP contribution is -2.53. The van der Waals surface area contributed by atoms with Crippen LogP contribution in [0.3, 0.4) is 0 Å². The van der Waals surface area contributed by atoms with Crippen LogP contribution in [-0.4, -0.2) is 22.6 Å². The van der Waals surface area contributed by atoms with Gasteiger partial charge in [0.25, 0.3) is 0 Å². The number of hydrogen-bond acceptors (Lipinski definition) is 0. The standard InChI is InChI=1S/C48H68P2/c1-2-4-36(26-50(47-41-17-31-7-32(19-41)20-42(47)18-31)48-43-21-33-8-34(23-43)24-44(48)22-33)35(3-1)25-49(45-37-9-27-5-28(11-37)12-38(45)10-27)46-39-13-29-6-30(15-39)16-40(46)14-29/h1-4,27-34,37-48H,5-26H2. The minimum atomic E-state index is 0.0808. The first-order chi connectivity index (χ1) is 24.6. The Kier molecular flexibility index (Phi) is 7.38. The van der Waals surface area contributed by atoms with Crippen LogP contribution in [0.15, 0.2) is 24.3 Å². The van der Waals surface area contributed by atoms with E-state index in [9.17, 15) is 0 Å². The molecular weight excluding hydrogens is 638 g/mol. The van der Waals surface area contributed by atoms with Gasteiger partial charge in [-0.25, -0.2) is 0 Å². The maximum Gasteiger partial charge on any atom is -0.00649 e. The molecule has 0 heterocycles. The fraction of sp³-hybridized carbons (Fsp3) is 0.875. The van der Waals surface area contributed by atoms with Crippen LogP contribution in [0.5, 0.6) is 0 Å². The molecule has 0 aromatic heterocycles. The Bertz CT molecular complexity index is 1170. The smallest absolute Gasteiger partial charge is 0.00649 e. The summed E-state index contributed by atoms with van der Waals surface area (Å²) in [5.41, 5.74) is 8.43. The van der Waals surface area contributed by atoms with Crippen LogP contribution in [0.25, 0.3) is 0 Å². The molecular formula is C48H68P2. The molecule has 1 aromatic carbocycles. The fourth-order valence-electron chi connectivity index (χ4n) is 19.8. The molecule has 0 nitrogen and oxygen atoms in total. The molecule has 16 aliphatic carbocycles. The maximum atomic E-state index is 2.76. The first kappa shape index (κ1) is 31.3. The van der Waals surface area contributed by atoms with Crippen LogP contribution in [-0.2, 0) is 12.3 Å². The van der Waals surface area contributed by atoms with E-state index in [4.69, 9.17) is 0 Å². The Morgan fingerprint density at radius 2 is 0.500 bits per heavy atom. The zero-order valence-corrected chi connectivity index (χ0v) is 33.1. The van der Waals surface area contributed by atoms with Crippen molar-refractivity contribution in [3.63, 3.8) is 0 Å². The normalized spacial score (nSPS) is 56.8. The van der Waals surface area contributed by atoms with Crippen molar-refractivity contribution in [1.29, 1.82) is 0 Å². The van der Waals surface area contributed by atoms with Crippen molar-refractivity contribution in [3.8, 4) is 0 Å². The Labute approximate surface area is 308 Å². The van der Waals surface area contributed by atoms with E-state index in [1.165, 1.54) is 0 Å². The molecule has 17 rings (SSSR count). The summed E-state index contributed by atoms with van der Waals surface area (Å²) in [6.07, 6.45) is 36.0. The Hall–Kier alpha value is 0.0800. The fourth-order valence-corrected chi connectivity index (χ4v) is 29.2. The summed E-state index contributed by atoms with van der Waals surface area (Å²) in [4.78, 5) is 0. The Morgan fingerprint density at radius 3 is 0.700 bits per heavy atom. The van der Waals surface area contributed by atoms with Gasteiger partial charge >= 0.3 is 0 Å². The lowest BCUT2D eigenvalue weighted by molar-refractivity contribution is 0.0127. The van der Waals surface area contributed by atoms with Gasteiger partial charge in [0.1, 0.15) is 0 Å². The van der Waals surface area contributed by atoms with Crippen molar-refractivity contribution in [2.75, 3.05) is 0 Å². The minimum absolute atomic E-state index is 0.0808. The minimum Gasteiger partial charge on any atom is -0.0947 e. The van der Waals surface area contributed by atoms with E-state index >= 15 is 0 Å². The van der Waals surface area contributed by atoms with E-state index in [1.54, 1.807) is 141 Å². The van der Waals surface area contributed by atoms with E-state index in [0.717, 1.165) is 117 Å². The highest BCUT2D eigenvalue weighted by Gasteiger charge is 2.59. The molecule has 0 spiro atoms. The van der Waals surface area contributed by atoms with E-state index in [1.807, 2.05) is 11.1 Å². The molecule has 270 valence electrons. The SMILES string of the molecule is c1ccc(CP(C2C3CC4CC(C3)CC2C4)C2C3CC4CC(C3)CC2C4)c(CP(C2C3CC4CC(C3)CC2C4)C2C3CC4CC(C3)CC2C4)c1. The van der Waals surface area contributed by atoms with E-state index in [-0.39, 0.29) is 15.8 Å². The van der Waals surface area contributed by atoms with Gasteiger partial charge in [0.15, 0.2) is 0 Å². The third kappa shape index (κ3) is 4.93. The molecule has 0 N–H and O–H groups in total. The number of rotatable bonds is 8. The highest BCUT2D eigenvalue weighted by molar-refractivity contribution is 7.59. The third-order valence-corrected chi connectivity index (χ3v) is 27.9. The molecule has 0 saturated heterocycles. The van der Waals surface area contributed by atoms with Crippen LogP contribution in [0.4, 0.5) is 0 Å². The van der Waals surface area contributed by atoms with Gasteiger partial charge in [0.2, 0.25) is 0 Å². The molecule has 16 saturated carbocycles. The molecule has 16 fully saturated rings. The van der Waals surface area contributed by atoms with Gasteiger partial charge in [0.05, 0.1) is 0 Å². The van der Waals surface area contributed by atoms with Gasteiger partial charge in [0, 0.05) is 0 Å². The van der Waals surface area contributed by atoms with Gasteiger partial charge in [-0.1, -0.05) is 40.1 Å². The average Bonchev–Trinajstić information content (AvgIpc) is 3.07. The second-order valence-corrected chi connectivity index (χ2v) is 27.9. The van der Waals surface area contributed by atoms with Crippen LogP contribution < -0.4 is 0 Å². The van der Waals surface area contributed by atoms with Gasteiger partial charge in [-0.15, -0.1) is 0 Å². The molecule has 16 bridgehead atoms. The van der Waals surface area contributed by atoms with Crippen LogP contribution in [0, 0.1) is 94.7 Å². The van der Waals surface area contributed by atoms with Gasteiger partial charge in [-0.2, -0.15) is 0 Å². The van der Waals surface area contributed by atoms with Gasteiger partial charge in [-0.3, -0.25) is 0 Å². The van der Waals surface area contributed by atoms with Crippen LogP contribution in [0.1, 0.15) is 140 Å². The third-order valence-electron chi connectivity index (χ3n) is 20.1. The molecule has 0 amide bonds. The van der Waals surface area contributed by atoms with Crippen molar-refractivity contribution < 1.29 is 0 Å². The van der Waals surface area contributed by atoms with Crippen molar-refractivity contribution >= 4 is 15.8 Å². The highest BCUT2D eigenvalue weighted by atomic mass is 31.1. The predicted molar refractivity (Wildman–Crippen MR) is 211 cm³/mol. The van der Waals surface area contributed by atoms with Crippen molar-refractivity contribution in [3.05, 3.63) is 35.4 Å². The summed E-state index contributed by atoms with van der Waals surface area (Å²) >= 11 is 0. The van der Waals surface area contributed by atoms with Gasteiger partial charge in [-0.05, 0) is 269 Å². The second kappa shape index (κ2) is 11.8. The van der Waals surface area contributed by atoms with Gasteiger partial charge < -0.3 is 0 Å². The summed E-state index contributed by atoms with van der Waals surface area (Å²) < 4.78 is 0. The van der Waals surface area contributed by atoms with Crippen molar-refractivity contribution in [2.24, 2.45) is 94.7 Å². The molecule has 1 aromatic rings. The predicted octanol–water partition coefficient (Wildman–Crippen LogP) is 12.9. The zero-order chi connectivity index (χ0) is 32.2. The summed E-state index contributed by atoms with van der Waals surface area (Å²) in [6, 6.07) is 10.6. The van der Waals surface area contributed by atoms with E-state index in [2.05, 4.69) is 24.3 Å². The second-order valence-electron chi connectivity index (χ2n) is 22.8. The van der Waals surface area contributed by atoms with E-state index < -0.39 is 0 Å². The quantitative estimate of drug-likeness (QED) is 0.236. The molecule has 0 radical (unpaired) electrons. The largest absolute Gasteiger partial charge is 0.0947 e.